The maximum Gasteiger partial charge on any atom is 0.335 e. The third-order valence-electron chi connectivity index (χ3n) is 4.48. The van der Waals surface area contributed by atoms with Crippen LogP contribution < -0.4 is 4.31 Å². The second-order valence-electron chi connectivity index (χ2n) is 6.46. The Bertz CT molecular complexity index is 1200. The molecule has 3 rings (SSSR count). The minimum Gasteiger partial charge on any atom is -0.478 e. The Morgan fingerprint density at radius 2 is 1.70 bits per heavy atom. The zero-order valence-corrected chi connectivity index (χ0v) is 17.2. The van der Waals surface area contributed by atoms with Crippen LogP contribution in [0, 0.1) is 11.6 Å². The van der Waals surface area contributed by atoms with Crippen molar-refractivity contribution in [1.29, 1.82) is 0 Å². The van der Waals surface area contributed by atoms with E-state index in [1.165, 1.54) is 55.5 Å². The van der Waals surface area contributed by atoms with Crippen LogP contribution in [0.1, 0.15) is 28.9 Å². The van der Waals surface area contributed by atoms with Crippen molar-refractivity contribution >= 4 is 33.3 Å². The van der Waals surface area contributed by atoms with Gasteiger partial charge in [0.05, 0.1) is 22.2 Å². The number of nitrogens with zero attached hydrogens (tertiary/aromatic N) is 1. The molecule has 156 valence electrons. The number of hydrogen-bond donors (Lipinski definition) is 1. The number of halogens is 3. The van der Waals surface area contributed by atoms with Crippen molar-refractivity contribution in [2.75, 3.05) is 4.31 Å². The molecule has 0 fully saturated rings. The lowest BCUT2D eigenvalue weighted by atomic mass is 10.0. The maximum absolute atomic E-state index is 14.6. The highest BCUT2D eigenvalue weighted by Gasteiger charge is 2.33. The summed E-state index contributed by atoms with van der Waals surface area (Å²) in [4.78, 5) is 11.1. The molecule has 0 aliphatic heterocycles. The summed E-state index contributed by atoms with van der Waals surface area (Å²) in [7, 11) is -4.37. The van der Waals surface area contributed by atoms with Crippen LogP contribution >= 0.6 is 11.6 Å². The van der Waals surface area contributed by atoms with Gasteiger partial charge >= 0.3 is 5.97 Å². The molecule has 0 aliphatic rings. The minimum absolute atomic E-state index is 0.0668. The third kappa shape index (κ3) is 4.29. The van der Waals surface area contributed by atoms with Crippen molar-refractivity contribution in [2.45, 2.75) is 17.9 Å². The lowest BCUT2D eigenvalue weighted by Gasteiger charge is -2.31. The van der Waals surface area contributed by atoms with Gasteiger partial charge in [-0.2, -0.15) is 0 Å². The van der Waals surface area contributed by atoms with Gasteiger partial charge in [-0.3, -0.25) is 4.31 Å². The van der Waals surface area contributed by atoms with E-state index in [0.717, 1.165) is 22.5 Å². The summed E-state index contributed by atoms with van der Waals surface area (Å²) in [5.41, 5.74) is -0.280. The Morgan fingerprint density at radius 1 is 1.03 bits per heavy atom. The summed E-state index contributed by atoms with van der Waals surface area (Å²) in [6.45, 7) is 1.46. The molecule has 0 aliphatic carbocycles. The van der Waals surface area contributed by atoms with Crippen LogP contribution in [0.4, 0.5) is 14.5 Å². The van der Waals surface area contributed by atoms with Crippen LogP contribution in [0.3, 0.4) is 0 Å². The molecule has 1 atom stereocenters. The molecule has 3 aromatic carbocycles. The van der Waals surface area contributed by atoms with Gasteiger partial charge in [-0.25, -0.2) is 22.0 Å². The monoisotopic (exact) mass is 451 g/mol. The lowest BCUT2D eigenvalue weighted by molar-refractivity contribution is 0.0696. The Balaban J connectivity index is 2.22. The van der Waals surface area contributed by atoms with Gasteiger partial charge in [-0.15, -0.1) is 0 Å². The maximum atomic E-state index is 14.6. The van der Waals surface area contributed by atoms with E-state index >= 15 is 0 Å². The molecule has 5 nitrogen and oxygen atoms in total. The SMILES string of the molecule is C[C@H](c1cccc(C(=O)O)c1)N(c1cc(F)ccc1F)S(=O)(=O)c1ccc(Cl)cc1. The predicted molar refractivity (Wildman–Crippen MR) is 109 cm³/mol. The molecule has 3 aromatic rings. The molecule has 9 heteroatoms. The zero-order chi connectivity index (χ0) is 22.1. The molecule has 1 N–H and O–H groups in total. The van der Waals surface area contributed by atoms with Gasteiger partial charge in [0.1, 0.15) is 11.6 Å². The highest BCUT2D eigenvalue weighted by Crippen LogP contribution is 2.35. The van der Waals surface area contributed by atoms with Gasteiger partial charge in [-0.1, -0.05) is 23.7 Å². The Morgan fingerprint density at radius 3 is 2.33 bits per heavy atom. The van der Waals surface area contributed by atoms with Gasteiger partial charge in [0.25, 0.3) is 10.0 Å². The van der Waals surface area contributed by atoms with E-state index in [1.807, 2.05) is 0 Å². The summed E-state index contributed by atoms with van der Waals surface area (Å²) in [6, 6.07) is 12.3. The Hall–Kier alpha value is -2.97. The Kier molecular flexibility index (Phi) is 6.09. The number of anilines is 1. The van der Waals surface area contributed by atoms with Crippen LogP contribution in [0.2, 0.25) is 5.02 Å². The number of benzene rings is 3. The van der Waals surface area contributed by atoms with E-state index < -0.39 is 39.4 Å². The molecule has 0 amide bonds. The molecule has 0 saturated carbocycles. The fraction of sp³-hybridized carbons (Fsp3) is 0.0952. The van der Waals surface area contributed by atoms with Crippen molar-refractivity contribution in [1.82, 2.24) is 0 Å². The number of hydrogen-bond acceptors (Lipinski definition) is 3. The number of rotatable bonds is 6. The van der Waals surface area contributed by atoms with Gasteiger partial charge < -0.3 is 5.11 Å². The van der Waals surface area contributed by atoms with Gasteiger partial charge in [0.2, 0.25) is 0 Å². The summed E-state index contributed by atoms with van der Waals surface area (Å²) in [5, 5.41) is 9.54. The van der Waals surface area contributed by atoms with Crippen molar-refractivity contribution in [3.63, 3.8) is 0 Å². The summed E-state index contributed by atoms with van der Waals surface area (Å²) < 4.78 is 56.1. The second kappa shape index (κ2) is 8.41. The zero-order valence-electron chi connectivity index (χ0n) is 15.6. The van der Waals surface area contributed by atoms with Crippen LogP contribution in [0.15, 0.2) is 71.6 Å². The third-order valence-corrected chi connectivity index (χ3v) is 6.63. The van der Waals surface area contributed by atoms with Crippen LogP contribution in [0.25, 0.3) is 0 Å². The van der Waals surface area contributed by atoms with Crippen molar-refractivity contribution in [2.24, 2.45) is 0 Å². The molecule has 0 unspecified atom stereocenters. The summed E-state index contributed by atoms with van der Waals surface area (Å²) in [5.74, 6) is -2.97. The number of aromatic carboxylic acids is 1. The van der Waals surface area contributed by atoms with Crippen LogP contribution in [-0.2, 0) is 10.0 Å². The summed E-state index contributed by atoms with van der Waals surface area (Å²) in [6.07, 6.45) is 0. The van der Waals surface area contributed by atoms with Crippen LogP contribution in [-0.4, -0.2) is 19.5 Å². The molecular formula is C21H16ClF2NO4S. The van der Waals surface area contributed by atoms with Gasteiger partial charge in [0, 0.05) is 11.1 Å². The van der Waals surface area contributed by atoms with Gasteiger partial charge in [0.15, 0.2) is 0 Å². The largest absolute Gasteiger partial charge is 0.478 e. The topological polar surface area (TPSA) is 74.7 Å². The first-order chi connectivity index (χ1) is 14.1. The van der Waals surface area contributed by atoms with E-state index in [2.05, 4.69) is 0 Å². The molecule has 0 bridgehead atoms. The van der Waals surface area contributed by atoms with Gasteiger partial charge in [-0.05, 0) is 61.0 Å². The van der Waals surface area contributed by atoms with E-state index in [9.17, 15) is 27.1 Å². The minimum atomic E-state index is -4.37. The first-order valence-electron chi connectivity index (χ1n) is 8.69. The molecular weight excluding hydrogens is 436 g/mol. The average molecular weight is 452 g/mol. The smallest absolute Gasteiger partial charge is 0.335 e. The van der Waals surface area contributed by atoms with E-state index in [-0.39, 0.29) is 16.0 Å². The molecule has 0 aromatic heterocycles. The standard InChI is InChI=1S/C21H16ClF2NO4S/c1-13(14-3-2-4-15(11-14)21(26)27)25(20-12-17(23)7-10-19(20)24)30(28,29)18-8-5-16(22)6-9-18/h2-13H,1H3,(H,26,27)/t13-/m1/s1. The second-order valence-corrected chi connectivity index (χ2v) is 8.71. The normalized spacial score (nSPS) is 12.4. The molecule has 0 saturated heterocycles. The first kappa shape index (κ1) is 21.7. The fourth-order valence-corrected chi connectivity index (χ4v) is 4.76. The fourth-order valence-electron chi connectivity index (χ4n) is 2.99. The molecule has 0 heterocycles. The number of carboxylic acids is 1. The van der Waals surface area contributed by atoms with Crippen molar-refractivity contribution < 1.29 is 27.1 Å². The molecule has 0 spiro atoms. The summed E-state index contributed by atoms with van der Waals surface area (Å²) >= 11 is 5.84. The quantitative estimate of drug-likeness (QED) is 0.553. The number of carboxylic acid groups (broad SMARTS) is 1. The average Bonchev–Trinajstić information content (AvgIpc) is 2.71. The molecule has 30 heavy (non-hydrogen) atoms. The van der Waals surface area contributed by atoms with E-state index in [4.69, 9.17) is 11.6 Å². The van der Waals surface area contributed by atoms with E-state index in [1.54, 1.807) is 0 Å². The number of carbonyl (C=O) groups is 1. The lowest BCUT2D eigenvalue weighted by Crippen LogP contribution is -2.34. The highest BCUT2D eigenvalue weighted by atomic mass is 35.5. The number of sulfonamides is 1. The highest BCUT2D eigenvalue weighted by molar-refractivity contribution is 7.92. The van der Waals surface area contributed by atoms with Crippen molar-refractivity contribution in [3.8, 4) is 0 Å². The molecule has 0 radical (unpaired) electrons. The Labute approximate surface area is 177 Å². The van der Waals surface area contributed by atoms with Crippen LogP contribution in [0.5, 0.6) is 0 Å². The first-order valence-corrected chi connectivity index (χ1v) is 10.5. The predicted octanol–water partition coefficient (Wildman–Crippen LogP) is 5.27. The van der Waals surface area contributed by atoms with E-state index in [0.29, 0.717) is 5.02 Å². The van der Waals surface area contributed by atoms with Crippen molar-refractivity contribution in [3.05, 3.63) is 94.5 Å².